The second kappa shape index (κ2) is 6.94. The van der Waals surface area contributed by atoms with E-state index in [1.807, 2.05) is 42.0 Å². The number of nitrogens with one attached hydrogen (secondary N) is 1. The number of hydrogen-bond acceptors (Lipinski definition) is 5. The van der Waals surface area contributed by atoms with Gasteiger partial charge in [-0.1, -0.05) is 11.6 Å². The number of imidazole rings is 1. The first kappa shape index (κ1) is 16.8. The third-order valence-corrected chi connectivity index (χ3v) is 4.20. The van der Waals surface area contributed by atoms with Gasteiger partial charge in [-0.25, -0.2) is 9.67 Å². The minimum Gasteiger partial charge on any atom is -0.323 e. The van der Waals surface area contributed by atoms with Crippen LogP contribution in [0.1, 0.15) is 11.3 Å². The van der Waals surface area contributed by atoms with Gasteiger partial charge in [0.05, 0.1) is 29.0 Å². The van der Waals surface area contributed by atoms with E-state index >= 15 is 0 Å². The summed E-state index contributed by atoms with van der Waals surface area (Å²) in [6.45, 7) is 1.90. The minimum absolute atomic E-state index is 0.431. The minimum atomic E-state index is 0.431. The highest BCUT2D eigenvalue weighted by Crippen LogP contribution is 2.22. The van der Waals surface area contributed by atoms with E-state index in [1.54, 1.807) is 35.5 Å². The molecule has 2 heterocycles. The first-order valence-corrected chi connectivity index (χ1v) is 8.50. The summed E-state index contributed by atoms with van der Waals surface area (Å²) < 4.78 is 3.47. The fourth-order valence-corrected chi connectivity index (χ4v) is 2.78. The predicted molar refractivity (Wildman–Crippen MR) is 103 cm³/mol. The molecular formula is C19H14ClN7. The monoisotopic (exact) mass is 375 g/mol. The largest absolute Gasteiger partial charge is 0.323 e. The van der Waals surface area contributed by atoms with E-state index < -0.39 is 0 Å². The Morgan fingerprint density at radius 3 is 2.59 bits per heavy atom. The molecule has 4 aromatic rings. The highest BCUT2D eigenvalue weighted by atomic mass is 35.5. The Labute approximate surface area is 160 Å². The zero-order valence-corrected chi connectivity index (χ0v) is 15.1. The second-order valence-corrected chi connectivity index (χ2v) is 6.32. The van der Waals surface area contributed by atoms with Gasteiger partial charge in [0.1, 0.15) is 12.4 Å². The van der Waals surface area contributed by atoms with Crippen LogP contribution in [0, 0.1) is 18.3 Å². The summed E-state index contributed by atoms with van der Waals surface area (Å²) in [6.07, 6.45) is 5.17. The van der Waals surface area contributed by atoms with Crippen molar-refractivity contribution in [1.29, 1.82) is 5.26 Å². The lowest BCUT2D eigenvalue weighted by molar-refractivity contribution is 0.882. The molecule has 0 aliphatic heterocycles. The van der Waals surface area contributed by atoms with Crippen LogP contribution in [-0.4, -0.2) is 24.3 Å². The molecule has 7 nitrogen and oxygen atoms in total. The molecule has 27 heavy (non-hydrogen) atoms. The molecule has 0 spiro atoms. The van der Waals surface area contributed by atoms with Gasteiger partial charge in [-0.05, 0) is 49.4 Å². The van der Waals surface area contributed by atoms with Gasteiger partial charge in [-0.15, -0.1) is 5.10 Å². The highest BCUT2D eigenvalue weighted by Gasteiger charge is 2.08. The Morgan fingerprint density at radius 1 is 1.07 bits per heavy atom. The van der Waals surface area contributed by atoms with Crippen LogP contribution in [0.25, 0.3) is 11.4 Å². The number of aromatic nitrogens is 5. The first-order valence-electron chi connectivity index (χ1n) is 8.12. The fraction of sp³-hybridized carbons (Fsp3) is 0.0526. The Hall–Kier alpha value is -3.63. The molecule has 8 heteroatoms. The summed E-state index contributed by atoms with van der Waals surface area (Å²) in [5.41, 5.74) is 3.75. The van der Waals surface area contributed by atoms with Crippen molar-refractivity contribution in [3.63, 3.8) is 0 Å². The molecule has 0 radical (unpaired) electrons. The van der Waals surface area contributed by atoms with Crippen molar-refractivity contribution in [2.75, 3.05) is 5.32 Å². The molecule has 0 aliphatic carbocycles. The van der Waals surface area contributed by atoms with Crippen LogP contribution in [0.15, 0.2) is 61.3 Å². The van der Waals surface area contributed by atoms with Crippen LogP contribution >= 0.6 is 11.6 Å². The van der Waals surface area contributed by atoms with Gasteiger partial charge in [0.15, 0.2) is 0 Å². The molecule has 0 atom stereocenters. The molecule has 2 aromatic carbocycles. The van der Waals surface area contributed by atoms with Gasteiger partial charge in [-0.3, -0.25) is 0 Å². The van der Waals surface area contributed by atoms with Crippen LogP contribution in [0.5, 0.6) is 0 Å². The SMILES string of the molecule is Cc1cn(-c2ccc(Nc3ncn(-c4ccc(Cl)cc4)n3)cc2C#N)cn1. The number of halogens is 1. The molecule has 4 rings (SSSR count). The van der Waals surface area contributed by atoms with E-state index in [1.165, 1.54) is 0 Å². The predicted octanol–water partition coefficient (Wildman–Crippen LogP) is 4.03. The quantitative estimate of drug-likeness (QED) is 0.582. The summed E-state index contributed by atoms with van der Waals surface area (Å²) in [7, 11) is 0. The lowest BCUT2D eigenvalue weighted by atomic mass is 10.1. The average Bonchev–Trinajstić information content (AvgIpc) is 3.31. The standard InChI is InChI=1S/C19H14ClN7/c1-13-10-26(11-22-13)18-7-4-16(8-14(18)9-21)24-19-23-12-27(25-19)17-5-2-15(20)3-6-17/h2-8,10-12H,1H3,(H,24,25). The van der Waals surface area contributed by atoms with Crippen molar-refractivity contribution < 1.29 is 0 Å². The van der Waals surface area contributed by atoms with Crippen LogP contribution in [0.2, 0.25) is 5.02 Å². The molecule has 0 aliphatic rings. The number of rotatable bonds is 4. The van der Waals surface area contributed by atoms with Crippen LogP contribution in [0.3, 0.4) is 0 Å². The molecule has 0 amide bonds. The summed E-state index contributed by atoms with van der Waals surface area (Å²) in [6, 6.07) is 15.0. The zero-order valence-electron chi connectivity index (χ0n) is 14.3. The van der Waals surface area contributed by atoms with E-state index in [9.17, 15) is 5.26 Å². The normalized spacial score (nSPS) is 10.6. The third-order valence-electron chi connectivity index (χ3n) is 3.95. The van der Waals surface area contributed by atoms with Gasteiger partial charge in [-0.2, -0.15) is 10.2 Å². The summed E-state index contributed by atoms with van der Waals surface area (Å²) in [5, 5.41) is 17.7. The van der Waals surface area contributed by atoms with Gasteiger partial charge in [0.25, 0.3) is 0 Å². The molecule has 0 saturated carbocycles. The van der Waals surface area contributed by atoms with Crippen molar-refractivity contribution in [3.8, 4) is 17.4 Å². The van der Waals surface area contributed by atoms with E-state index in [4.69, 9.17) is 11.6 Å². The van der Waals surface area contributed by atoms with Gasteiger partial charge < -0.3 is 9.88 Å². The Kier molecular flexibility index (Phi) is 4.32. The number of nitriles is 1. The molecule has 1 N–H and O–H groups in total. The highest BCUT2D eigenvalue weighted by molar-refractivity contribution is 6.30. The molecule has 0 unspecified atom stereocenters. The molecule has 132 valence electrons. The lowest BCUT2D eigenvalue weighted by Crippen LogP contribution is -1.99. The van der Waals surface area contributed by atoms with Gasteiger partial charge in [0.2, 0.25) is 5.95 Å². The van der Waals surface area contributed by atoms with Crippen molar-refractivity contribution in [3.05, 3.63) is 77.6 Å². The Balaban J connectivity index is 1.58. The maximum absolute atomic E-state index is 9.49. The van der Waals surface area contributed by atoms with Crippen LogP contribution in [-0.2, 0) is 0 Å². The number of aryl methyl sites for hydroxylation is 1. The van der Waals surface area contributed by atoms with E-state index in [0.717, 1.165) is 22.8 Å². The maximum Gasteiger partial charge on any atom is 0.246 e. The molecular weight excluding hydrogens is 362 g/mol. The number of anilines is 2. The molecule has 2 aromatic heterocycles. The summed E-state index contributed by atoms with van der Waals surface area (Å²) >= 11 is 5.91. The van der Waals surface area contributed by atoms with E-state index in [2.05, 4.69) is 26.5 Å². The second-order valence-electron chi connectivity index (χ2n) is 5.88. The number of hydrogen-bond donors (Lipinski definition) is 1. The number of nitrogens with zero attached hydrogens (tertiary/aromatic N) is 6. The third kappa shape index (κ3) is 3.52. The fourth-order valence-electron chi connectivity index (χ4n) is 2.65. The average molecular weight is 376 g/mol. The van der Waals surface area contributed by atoms with Crippen molar-refractivity contribution >= 4 is 23.2 Å². The van der Waals surface area contributed by atoms with Gasteiger partial charge in [0, 0.05) is 16.9 Å². The van der Waals surface area contributed by atoms with E-state index in [0.29, 0.717) is 16.5 Å². The Bertz CT molecular complexity index is 1140. The first-order chi connectivity index (χ1) is 13.1. The van der Waals surface area contributed by atoms with Crippen molar-refractivity contribution in [1.82, 2.24) is 24.3 Å². The smallest absolute Gasteiger partial charge is 0.246 e. The molecule has 0 fully saturated rings. The van der Waals surface area contributed by atoms with E-state index in [-0.39, 0.29) is 0 Å². The van der Waals surface area contributed by atoms with Crippen molar-refractivity contribution in [2.24, 2.45) is 0 Å². The lowest BCUT2D eigenvalue weighted by Gasteiger charge is -2.08. The topological polar surface area (TPSA) is 84.4 Å². The summed E-state index contributed by atoms with van der Waals surface area (Å²) in [5.74, 6) is 0.431. The maximum atomic E-state index is 9.49. The Morgan fingerprint density at radius 2 is 1.89 bits per heavy atom. The summed E-state index contributed by atoms with van der Waals surface area (Å²) in [4.78, 5) is 8.46. The zero-order chi connectivity index (χ0) is 18.8. The molecule has 0 saturated heterocycles. The van der Waals surface area contributed by atoms with Gasteiger partial charge >= 0.3 is 0 Å². The molecule has 0 bridgehead atoms. The van der Waals surface area contributed by atoms with Crippen molar-refractivity contribution in [2.45, 2.75) is 6.92 Å². The van der Waals surface area contributed by atoms with Crippen LogP contribution in [0.4, 0.5) is 11.6 Å². The number of benzene rings is 2. The van der Waals surface area contributed by atoms with Crippen LogP contribution < -0.4 is 5.32 Å².